The van der Waals surface area contributed by atoms with E-state index in [-0.39, 0.29) is 16.0 Å². The molecular weight excluding hydrogens is 699 g/mol. The van der Waals surface area contributed by atoms with Crippen molar-refractivity contribution in [3.63, 3.8) is 0 Å². The van der Waals surface area contributed by atoms with Crippen molar-refractivity contribution >= 4 is 110 Å². The average Bonchev–Trinajstić information content (AvgIpc) is 3.07. The van der Waals surface area contributed by atoms with Crippen LogP contribution in [-0.2, 0) is 9.59 Å². The summed E-state index contributed by atoms with van der Waals surface area (Å²) in [6.45, 7) is 0. The van der Waals surface area contributed by atoms with Crippen LogP contribution in [0, 0.1) is 4.91 Å². The Hall–Kier alpha value is -3.83. The van der Waals surface area contributed by atoms with Crippen molar-refractivity contribution in [3.8, 4) is 0 Å². The maximum absolute atomic E-state index is 11.7. The number of carbonyl (C=O) groups excluding carboxylic acids is 5. The highest BCUT2D eigenvalue weighted by Gasteiger charge is 2.31. The van der Waals surface area contributed by atoms with Gasteiger partial charge in [-0.25, -0.2) is 0 Å². The summed E-state index contributed by atoms with van der Waals surface area (Å²) in [5.74, 6) is -2.48. The number of amides is 1. The Morgan fingerprint density at radius 1 is 0.523 bits per heavy atom. The minimum atomic E-state index is -0.729. The number of halogens is 6. The minimum absolute atomic E-state index is 0.199. The highest BCUT2D eigenvalue weighted by Crippen LogP contribution is 2.33. The molecule has 1 amide bonds. The summed E-state index contributed by atoms with van der Waals surface area (Å²) in [7, 11) is 0. The van der Waals surface area contributed by atoms with Crippen LogP contribution in [-0.4, -0.2) is 29.0 Å². The van der Waals surface area contributed by atoms with Gasteiger partial charge in [0.05, 0.1) is 5.69 Å². The van der Waals surface area contributed by atoms with E-state index in [0.717, 1.165) is 0 Å². The van der Waals surface area contributed by atoms with Gasteiger partial charge in [-0.3, -0.25) is 34.8 Å². The quantitative estimate of drug-likeness (QED) is 0.158. The molecule has 3 aromatic rings. The summed E-state index contributed by atoms with van der Waals surface area (Å²) in [4.78, 5) is 67.0. The molecule has 0 fully saturated rings. The molecule has 44 heavy (non-hydrogen) atoms. The van der Waals surface area contributed by atoms with Crippen LogP contribution >= 0.6 is 69.6 Å². The summed E-state index contributed by atoms with van der Waals surface area (Å²) >= 11 is 32.7. The Morgan fingerprint density at radius 3 is 1.32 bits per heavy atom. The molecule has 3 aromatic carbocycles. The van der Waals surface area contributed by atoms with Gasteiger partial charge in [0, 0.05) is 16.7 Å². The largest absolute Gasteiger partial charge is 0.298 e. The number of rotatable bonds is 4. The van der Waals surface area contributed by atoms with Crippen molar-refractivity contribution in [2.24, 2.45) is 5.18 Å². The van der Waals surface area contributed by atoms with Crippen molar-refractivity contribution in [1.29, 1.82) is 0 Å². The number of fused-ring (bicyclic) bond motifs is 1. The Morgan fingerprint density at radius 2 is 0.909 bits per heavy atom. The van der Waals surface area contributed by atoms with Gasteiger partial charge >= 0.3 is 0 Å². The molecule has 15 heteroatoms. The number of carbonyl (C=O) groups is 5. The summed E-state index contributed by atoms with van der Waals surface area (Å²) in [5, 5.41) is 0.822. The predicted octanol–water partition coefficient (Wildman–Crippen LogP) is 8.11. The third-order valence-electron chi connectivity index (χ3n) is 5.52. The number of nitroso groups, excluding NO2 is 1. The zero-order chi connectivity index (χ0) is 32.6. The maximum atomic E-state index is 11.7. The number of allylic oxidation sites excluding steroid dienone is 6. The first-order valence-corrected chi connectivity index (χ1v) is 14.1. The number of benzene rings is 3. The van der Waals surface area contributed by atoms with Gasteiger partial charge in [0.25, 0.3) is 5.91 Å². The van der Waals surface area contributed by atoms with Crippen molar-refractivity contribution < 1.29 is 24.0 Å². The van der Waals surface area contributed by atoms with Gasteiger partial charge in [-0.05, 0) is 41.6 Å². The highest BCUT2D eigenvalue weighted by molar-refractivity contribution is 6.69. The molecule has 0 heterocycles. The number of hydrogen-bond acceptors (Lipinski definition) is 8. The molecule has 0 unspecified atom stereocenters. The average molecular weight is 714 g/mol. The topological polar surface area (TPSA) is 139 Å². The Balaban J connectivity index is 0.000000185. The number of hydrazine groups is 1. The van der Waals surface area contributed by atoms with Crippen molar-refractivity contribution in [1.82, 2.24) is 5.43 Å². The summed E-state index contributed by atoms with van der Waals surface area (Å²) in [6.07, 6.45) is 0. The van der Waals surface area contributed by atoms with Gasteiger partial charge in [-0.2, -0.15) is 0 Å². The smallest absolute Gasteiger partial charge is 0.269 e. The van der Waals surface area contributed by atoms with E-state index >= 15 is 0 Å². The van der Waals surface area contributed by atoms with E-state index < -0.39 is 43.3 Å². The number of anilines is 1. The van der Waals surface area contributed by atoms with Gasteiger partial charge < -0.3 is 0 Å². The zero-order valence-electron chi connectivity index (χ0n) is 21.7. The molecule has 0 spiro atoms. The maximum Gasteiger partial charge on any atom is 0.269 e. The molecule has 0 bridgehead atoms. The first-order valence-electron chi connectivity index (χ1n) is 11.9. The monoisotopic (exact) mass is 711 g/mol. The second kappa shape index (κ2) is 15.8. The molecule has 0 saturated carbocycles. The number of ketones is 4. The molecule has 2 aliphatic rings. The van der Waals surface area contributed by atoms with Crippen LogP contribution < -0.4 is 10.9 Å². The number of Topliss-reactive ketones (excluding diaryl/α,β-unsaturated/α-hetero) is 4. The Bertz CT molecular complexity index is 1660. The molecule has 0 atom stereocenters. The molecule has 0 radical (unpaired) electrons. The third-order valence-corrected chi connectivity index (χ3v) is 7.97. The lowest BCUT2D eigenvalue weighted by molar-refractivity contribution is -0.114. The summed E-state index contributed by atoms with van der Waals surface area (Å²) in [6, 6.07) is 21.8. The van der Waals surface area contributed by atoms with Crippen LogP contribution in [0.2, 0.25) is 0 Å². The molecule has 0 saturated heterocycles. The Kier molecular flexibility index (Phi) is 12.4. The lowest BCUT2D eigenvalue weighted by Gasteiger charge is -2.12. The first-order chi connectivity index (χ1) is 20.9. The highest BCUT2D eigenvalue weighted by atomic mass is 35.5. The molecule has 2 N–H and O–H groups in total. The normalized spacial score (nSPS) is 14.2. The van der Waals surface area contributed by atoms with Crippen LogP contribution in [0.15, 0.2) is 114 Å². The predicted molar refractivity (Wildman–Crippen MR) is 171 cm³/mol. The van der Waals surface area contributed by atoms with E-state index in [9.17, 15) is 28.9 Å². The molecule has 0 aliphatic heterocycles. The molecule has 2 aliphatic carbocycles. The molecule has 224 valence electrons. The van der Waals surface area contributed by atoms with Crippen LogP contribution in [0.3, 0.4) is 0 Å². The summed E-state index contributed by atoms with van der Waals surface area (Å²) in [5.41, 5.74) is 7.51. The van der Waals surface area contributed by atoms with E-state index in [1.54, 1.807) is 72.8 Å². The molecule has 5 rings (SSSR count). The van der Waals surface area contributed by atoms with Gasteiger partial charge in [0.15, 0.2) is 0 Å². The van der Waals surface area contributed by atoms with Crippen molar-refractivity contribution in [2.75, 3.05) is 5.43 Å². The van der Waals surface area contributed by atoms with E-state index in [2.05, 4.69) is 16.0 Å². The number of hydrogen-bond donors (Lipinski definition) is 2. The van der Waals surface area contributed by atoms with E-state index in [0.29, 0.717) is 28.1 Å². The van der Waals surface area contributed by atoms with Crippen LogP contribution in [0.4, 0.5) is 11.4 Å². The van der Waals surface area contributed by atoms with E-state index in [1.165, 1.54) is 0 Å². The summed E-state index contributed by atoms with van der Waals surface area (Å²) < 4.78 is 0. The van der Waals surface area contributed by atoms with Crippen molar-refractivity contribution in [2.45, 2.75) is 0 Å². The molecule has 0 aromatic heterocycles. The fourth-order valence-corrected chi connectivity index (χ4v) is 4.50. The van der Waals surface area contributed by atoms with Crippen LogP contribution in [0.5, 0.6) is 0 Å². The molecular formula is C29H15Cl6N3O6. The number of nitrogens with zero attached hydrogens (tertiary/aromatic N) is 1. The van der Waals surface area contributed by atoms with Gasteiger partial charge in [-0.15, -0.1) is 4.91 Å². The van der Waals surface area contributed by atoms with Crippen molar-refractivity contribution in [3.05, 3.63) is 131 Å². The van der Waals surface area contributed by atoms with Crippen LogP contribution in [0.1, 0.15) is 31.1 Å². The SMILES string of the molecule is O=C1C(Cl)=C(Cl)C(=O)C(Cl)=C1Cl.O=C1C(Cl)=C(Cl)C(=O)c2ccccc21.O=Nc1ccc(NNC(=O)c2ccccc2)cc1. The lowest BCUT2D eigenvalue weighted by atomic mass is 9.95. The minimum Gasteiger partial charge on any atom is -0.298 e. The fourth-order valence-electron chi connectivity index (χ4n) is 3.30. The third kappa shape index (κ3) is 8.21. The number of nitrogens with one attached hydrogen (secondary N) is 2. The zero-order valence-corrected chi connectivity index (χ0v) is 26.2. The molecule has 9 nitrogen and oxygen atoms in total. The first kappa shape index (κ1) is 34.7. The van der Waals surface area contributed by atoms with Gasteiger partial charge in [-0.1, -0.05) is 112 Å². The van der Waals surface area contributed by atoms with E-state index in [1.807, 2.05) is 6.07 Å². The fraction of sp³-hybridized carbons (Fsp3) is 0. The van der Waals surface area contributed by atoms with Gasteiger partial charge in [0.1, 0.15) is 35.9 Å². The standard InChI is InChI=1S/C13H11N3O2.C10H4Cl2O2.C6Cl4O2/c17-13(10-4-2-1-3-5-10)15-14-11-6-8-12(16-18)9-7-11;11-7-8(12)10(14)6-4-2-1-3-5(6)9(7)13;7-1-2(8)6(12)4(10)3(9)5(1)11/h1-9,14H,(H,15,17);1-4H;. The van der Waals surface area contributed by atoms with Gasteiger partial charge in [0.2, 0.25) is 23.1 Å². The second-order valence-electron chi connectivity index (χ2n) is 8.33. The lowest BCUT2D eigenvalue weighted by Crippen LogP contribution is -2.29. The Labute approximate surface area is 279 Å². The van der Waals surface area contributed by atoms with E-state index in [4.69, 9.17) is 69.6 Å². The second-order valence-corrected chi connectivity index (χ2v) is 10.6. The van der Waals surface area contributed by atoms with Crippen LogP contribution in [0.25, 0.3) is 0 Å².